The van der Waals surface area contributed by atoms with Crippen LogP contribution in [0.15, 0.2) is 42.5 Å². The van der Waals surface area contributed by atoms with Gasteiger partial charge in [-0.2, -0.15) is 26.3 Å². The average molecular weight is 542 g/mol. The lowest BCUT2D eigenvalue weighted by molar-refractivity contribution is -0.143. The minimum atomic E-state index is -5.06. The number of piperidine rings is 1. The zero-order chi connectivity index (χ0) is 27.7. The molecule has 0 aromatic heterocycles. The summed E-state index contributed by atoms with van der Waals surface area (Å²) in [4.78, 5) is 30.3. The molecular formula is C27H29F6N3O2. The number of amides is 2. The van der Waals surface area contributed by atoms with E-state index in [1.165, 1.54) is 24.3 Å². The molecule has 4 rings (SSSR count). The second-order valence-corrected chi connectivity index (χ2v) is 9.84. The van der Waals surface area contributed by atoms with Crippen molar-refractivity contribution in [3.63, 3.8) is 0 Å². The highest BCUT2D eigenvalue weighted by Gasteiger charge is 2.39. The Morgan fingerprint density at radius 1 is 0.842 bits per heavy atom. The molecule has 1 aliphatic carbocycles. The van der Waals surface area contributed by atoms with Crippen molar-refractivity contribution >= 4 is 17.5 Å². The number of carbonyl (C=O) groups excluding carboxylic acids is 2. The number of carbonyl (C=O) groups is 2. The van der Waals surface area contributed by atoms with Gasteiger partial charge in [-0.05, 0) is 81.1 Å². The Hall–Kier alpha value is -3.08. The smallest absolute Gasteiger partial charge is 0.333 e. The second-order valence-electron chi connectivity index (χ2n) is 9.84. The van der Waals surface area contributed by atoms with Crippen molar-refractivity contribution < 1.29 is 35.9 Å². The van der Waals surface area contributed by atoms with Crippen LogP contribution < -0.4 is 5.32 Å². The Kier molecular flexibility index (Phi) is 8.06. The van der Waals surface area contributed by atoms with Gasteiger partial charge >= 0.3 is 12.4 Å². The summed E-state index contributed by atoms with van der Waals surface area (Å²) in [5.74, 6) is -1.24. The van der Waals surface area contributed by atoms with E-state index in [-0.39, 0.29) is 29.7 Å². The zero-order valence-electron chi connectivity index (χ0n) is 20.8. The minimum absolute atomic E-state index is 0.0313. The summed E-state index contributed by atoms with van der Waals surface area (Å²) in [5.41, 5.74) is -3.37. The number of rotatable bonds is 7. The van der Waals surface area contributed by atoms with Gasteiger partial charge in [-0.3, -0.25) is 9.59 Å². The minimum Gasteiger partial charge on any atom is -0.333 e. The summed E-state index contributed by atoms with van der Waals surface area (Å²) >= 11 is 0. The normalized spacial score (nSPS) is 17.3. The van der Waals surface area contributed by atoms with Crippen molar-refractivity contribution in [3.8, 4) is 0 Å². The molecule has 1 N–H and O–H groups in total. The molecule has 0 bridgehead atoms. The molecule has 2 aromatic rings. The third-order valence-corrected chi connectivity index (χ3v) is 6.90. The fourth-order valence-corrected chi connectivity index (χ4v) is 4.85. The molecule has 2 amide bonds. The van der Waals surface area contributed by atoms with E-state index in [1.54, 1.807) is 0 Å². The first-order valence-electron chi connectivity index (χ1n) is 12.6. The molecule has 2 aliphatic rings. The molecule has 1 aliphatic heterocycles. The maximum atomic E-state index is 13.4. The third kappa shape index (κ3) is 6.67. The van der Waals surface area contributed by atoms with E-state index in [2.05, 4.69) is 17.1 Å². The lowest BCUT2D eigenvalue weighted by atomic mass is 10.0. The fraction of sp³-hybridized carbons (Fsp3) is 0.481. The number of nitrogens with one attached hydrogen (secondary N) is 1. The number of benzene rings is 2. The van der Waals surface area contributed by atoms with Crippen LogP contribution in [0.5, 0.6) is 0 Å². The van der Waals surface area contributed by atoms with Crippen molar-refractivity contribution in [1.82, 2.24) is 9.80 Å². The summed E-state index contributed by atoms with van der Waals surface area (Å²) in [7, 11) is 0. The molecule has 0 radical (unpaired) electrons. The van der Waals surface area contributed by atoms with Gasteiger partial charge in [0.05, 0.1) is 11.1 Å². The molecule has 206 valence electrons. The number of nitrogens with zero attached hydrogens (tertiary/aromatic N) is 2. The molecule has 1 saturated carbocycles. The van der Waals surface area contributed by atoms with Gasteiger partial charge in [0, 0.05) is 42.0 Å². The van der Waals surface area contributed by atoms with Gasteiger partial charge in [0.1, 0.15) is 0 Å². The van der Waals surface area contributed by atoms with Crippen LogP contribution in [0, 0.1) is 0 Å². The number of hydrogen-bond acceptors (Lipinski definition) is 3. The van der Waals surface area contributed by atoms with Gasteiger partial charge in [-0.25, -0.2) is 0 Å². The van der Waals surface area contributed by atoms with E-state index in [1.807, 2.05) is 4.90 Å². The van der Waals surface area contributed by atoms with Gasteiger partial charge in [0.25, 0.3) is 11.8 Å². The first-order valence-corrected chi connectivity index (χ1v) is 12.6. The number of likely N-dealkylation sites (tertiary alicyclic amines) is 1. The summed E-state index contributed by atoms with van der Waals surface area (Å²) < 4.78 is 78.7. The van der Waals surface area contributed by atoms with Gasteiger partial charge in [0.2, 0.25) is 0 Å². The van der Waals surface area contributed by atoms with Gasteiger partial charge < -0.3 is 15.1 Å². The molecular weight excluding hydrogens is 512 g/mol. The summed E-state index contributed by atoms with van der Waals surface area (Å²) in [6.45, 7) is 5.05. The van der Waals surface area contributed by atoms with Crippen LogP contribution in [0.3, 0.4) is 0 Å². The SMILES string of the molecule is CCCN1CCC(N(C(=O)c2ccc(NC(=O)c3cc(C(F)(F)F)cc(C(F)(F)F)c3)cc2)C2CC2)CC1. The molecule has 2 fully saturated rings. The summed E-state index contributed by atoms with van der Waals surface area (Å²) in [6, 6.07) is 6.91. The summed E-state index contributed by atoms with van der Waals surface area (Å²) in [5, 5.41) is 2.32. The van der Waals surface area contributed by atoms with Crippen LogP contribution in [0.2, 0.25) is 0 Å². The number of alkyl halides is 6. The molecule has 0 atom stereocenters. The van der Waals surface area contributed by atoms with Crippen LogP contribution in [-0.4, -0.2) is 53.3 Å². The van der Waals surface area contributed by atoms with E-state index >= 15 is 0 Å². The first-order chi connectivity index (χ1) is 17.9. The van der Waals surface area contributed by atoms with Crippen LogP contribution in [0.4, 0.5) is 32.0 Å². The van der Waals surface area contributed by atoms with E-state index < -0.39 is 35.0 Å². The number of halogens is 6. The average Bonchev–Trinajstić information content (AvgIpc) is 3.69. The molecule has 1 saturated heterocycles. The molecule has 2 aromatic carbocycles. The topological polar surface area (TPSA) is 52.6 Å². The monoisotopic (exact) mass is 541 g/mol. The number of anilines is 1. The van der Waals surface area contributed by atoms with Gasteiger partial charge in [-0.1, -0.05) is 6.92 Å². The van der Waals surface area contributed by atoms with Crippen molar-refractivity contribution in [2.24, 2.45) is 0 Å². The standard InChI is InChI=1S/C27H29F6N3O2/c1-2-11-35-12-9-23(10-13-35)36(22-7-8-22)25(38)17-3-5-21(6-4-17)34-24(37)18-14-19(26(28,29)30)16-20(15-18)27(31,32)33/h3-6,14-16,22-23H,2,7-13H2,1H3,(H,34,37). The van der Waals surface area contributed by atoms with Crippen molar-refractivity contribution in [1.29, 1.82) is 0 Å². The Balaban J connectivity index is 1.46. The van der Waals surface area contributed by atoms with E-state index in [0.717, 1.165) is 51.7 Å². The van der Waals surface area contributed by atoms with Crippen molar-refractivity contribution in [3.05, 3.63) is 64.7 Å². The predicted molar refractivity (Wildman–Crippen MR) is 130 cm³/mol. The molecule has 1 heterocycles. The molecule has 11 heteroatoms. The highest BCUT2D eigenvalue weighted by Crippen LogP contribution is 2.37. The van der Waals surface area contributed by atoms with Gasteiger partial charge in [0.15, 0.2) is 0 Å². The molecule has 0 unspecified atom stereocenters. The van der Waals surface area contributed by atoms with Gasteiger partial charge in [-0.15, -0.1) is 0 Å². The highest BCUT2D eigenvalue weighted by atomic mass is 19.4. The first kappa shape index (κ1) is 27.9. The second kappa shape index (κ2) is 11.0. The highest BCUT2D eigenvalue weighted by molar-refractivity contribution is 6.05. The lowest BCUT2D eigenvalue weighted by Crippen LogP contribution is -2.48. The van der Waals surface area contributed by atoms with Crippen LogP contribution in [0.1, 0.15) is 70.9 Å². The Morgan fingerprint density at radius 3 is 1.84 bits per heavy atom. The van der Waals surface area contributed by atoms with Crippen molar-refractivity contribution in [2.45, 2.75) is 63.5 Å². The molecule has 0 spiro atoms. The fourth-order valence-electron chi connectivity index (χ4n) is 4.85. The molecule has 5 nitrogen and oxygen atoms in total. The van der Waals surface area contributed by atoms with Crippen LogP contribution >= 0.6 is 0 Å². The third-order valence-electron chi connectivity index (χ3n) is 6.90. The lowest BCUT2D eigenvalue weighted by Gasteiger charge is -2.39. The predicted octanol–water partition coefficient (Wildman–Crippen LogP) is 6.46. The molecule has 38 heavy (non-hydrogen) atoms. The number of hydrogen-bond donors (Lipinski definition) is 1. The quantitative estimate of drug-likeness (QED) is 0.410. The van der Waals surface area contributed by atoms with Crippen LogP contribution in [-0.2, 0) is 12.4 Å². The maximum absolute atomic E-state index is 13.4. The maximum Gasteiger partial charge on any atom is 0.416 e. The largest absolute Gasteiger partial charge is 0.416 e. The Labute approximate surface area is 216 Å². The van der Waals surface area contributed by atoms with Crippen molar-refractivity contribution in [2.75, 3.05) is 25.0 Å². The summed E-state index contributed by atoms with van der Waals surface area (Å²) in [6.07, 6.45) is -5.34. The Morgan fingerprint density at radius 2 is 1.37 bits per heavy atom. The van der Waals surface area contributed by atoms with E-state index in [0.29, 0.717) is 17.7 Å². The van der Waals surface area contributed by atoms with Crippen LogP contribution in [0.25, 0.3) is 0 Å². The van der Waals surface area contributed by atoms with E-state index in [9.17, 15) is 35.9 Å². The van der Waals surface area contributed by atoms with E-state index in [4.69, 9.17) is 0 Å². The zero-order valence-corrected chi connectivity index (χ0v) is 20.8. The Bertz CT molecular complexity index is 1120.